The normalized spacial score (nSPS) is 13.3. The van der Waals surface area contributed by atoms with Gasteiger partial charge in [0.15, 0.2) is 0 Å². The average molecular weight is 399 g/mol. The van der Waals surface area contributed by atoms with Gasteiger partial charge in [-0.25, -0.2) is 4.98 Å². The third kappa shape index (κ3) is 5.41. The molecule has 5 heteroatoms. The summed E-state index contributed by atoms with van der Waals surface area (Å²) >= 11 is 2.21. The van der Waals surface area contributed by atoms with E-state index in [-0.39, 0.29) is 5.54 Å². The number of aliphatic hydroxyl groups is 1. The fourth-order valence-electron chi connectivity index (χ4n) is 2.12. The number of nitrogens with one attached hydrogen (secondary N) is 1. The fraction of sp³-hybridized carbons (Fsp3) is 0.438. The first kappa shape index (κ1) is 16.5. The predicted octanol–water partition coefficient (Wildman–Crippen LogP) is 2.98. The number of rotatable bonds is 7. The maximum absolute atomic E-state index is 10.2. The van der Waals surface area contributed by atoms with Crippen molar-refractivity contribution in [2.75, 3.05) is 6.54 Å². The van der Waals surface area contributed by atoms with Gasteiger partial charge in [0.2, 0.25) is 0 Å². The molecule has 0 aliphatic heterocycles. The smallest absolute Gasteiger partial charge is 0.119 e. The molecule has 4 nitrogen and oxygen atoms in total. The number of aromatic nitrogens is 2. The Morgan fingerprint density at radius 2 is 2.05 bits per heavy atom. The van der Waals surface area contributed by atoms with Gasteiger partial charge in [-0.3, -0.25) is 0 Å². The number of hydrogen-bond donors (Lipinski definition) is 2. The molecule has 2 aromatic rings. The van der Waals surface area contributed by atoms with Crippen molar-refractivity contribution in [1.82, 2.24) is 14.9 Å². The molecule has 0 aliphatic carbocycles. The van der Waals surface area contributed by atoms with Gasteiger partial charge < -0.3 is 15.0 Å². The first-order chi connectivity index (χ1) is 9.96. The van der Waals surface area contributed by atoms with Crippen molar-refractivity contribution in [3.05, 3.63) is 52.1 Å². The minimum atomic E-state index is -0.473. The monoisotopic (exact) mass is 399 g/mol. The number of halogens is 1. The van der Waals surface area contributed by atoms with Crippen LogP contribution >= 0.6 is 22.6 Å². The lowest BCUT2D eigenvalue weighted by molar-refractivity contribution is 0.158. The first-order valence-corrected chi connectivity index (χ1v) is 8.19. The largest absolute Gasteiger partial charge is 0.387 e. The van der Waals surface area contributed by atoms with Gasteiger partial charge in [-0.1, -0.05) is 30.3 Å². The number of aryl methyl sites for hydroxylation is 1. The summed E-state index contributed by atoms with van der Waals surface area (Å²) in [6, 6.07) is 9.76. The zero-order valence-corrected chi connectivity index (χ0v) is 14.6. The summed E-state index contributed by atoms with van der Waals surface area (Å²) in [5.41, 5.74) is 0.913. The molecule has 0 radical (unpaired) electrons. The molecule has 2 rings (SSSR count). The third-order valence-corrected chi connectivity index (χ3v) is 4.11. The van der Waals surface area contributed by atoms with E-state index in [4.69, 9.17) is 0 Å². The molecule has 1 heterocycles. The topological polar surface area (TPSA) is 50.1 Å². The van der Waals surface area contributed by atoms with Crippen LogP contribution in [0.3, 0.4) is 0 Å². The van der Waals surface area contributed by atoms with Crippen molar-refractivity contribution in [1.29, 1.82) is 0 Å². The molecule has 0 saturated heterocycles. The summed E-state index contributed by atoms with van der Waals surface area (Å²) in [6.07, 6.45) is 4.40. The number of nitrogens with zero attached hydrogens (tertiary/aromatic N) is 2. The van der Waals surface area contributed by atoms with Crippen molar-refractivity contribution in [3.8, 4) is 0 Å². The van der Waals surface area contributed by atoms with Gasteiger partial charge >= 0.3 is 0 Å². The van der Waals surface area contributed by atoms with E-state index in [1.165, 1.54) is 0 Å². The first-order valence-electron chi connectivity index (χ1n) is 7.12. The van der Waals surface area contributed by atoms with E-state index in [1.807, 2.05) is 42.9 Å². The van der Waals surface area contributed by atoms with Crippen LogP contribution < -0.4 is 5.32 Å². The van der Waals surface area contributed by atoms with Crippen LogP contribution in [0.4, 0.5) is 0 Å². The Labute approximate surface area is 139 Å². The van der Waals surface area contributed by atoms with E-state index in [2.05, 4.69) is 51.3 Å². The molecular formula is C16H22IN3O. The number of imidazole rings is 1. The highest BCUT2D eigenvalue weighted by Crippen LogP contribution is 2.15. The van der Waals surface area contributed by atoms with E-state index in [0.717, 1.165) is 22.2 Å². The number of benzene rings is 1. The number of aliphatic hydroxyl groups excluding tert-OH is 1. The van der Waals surface area contributed by atoms with Gasteiger partial charge in [-0.05, 0) is 48.4 Å². The van der Waals surface area contributed by atoms with Crippen molar-refractivity contribution < 1.29 is 5.11 Å². The summed E-state index contributed by atoms with van der Waals surface area (Å²) in [5.74, 6) is 0. The molecule has 0 fully saturated rings. The molecule has 0 amide bonds. The van der Waals surface area contributed by atoms with Crippen molar-refractivity contribution >= 4 is 22.6 Å². The van der Waals surface area contributed by atoms with Crippen LogP contribution in [-0.2, 0) is 6.54 Å². The summed E-state index contributed by atoms with van der Waals surface area (Å²) in [5, 5.41) is 13.6. The van der Waals surface area contributed by atoms with Crippen LogP contribution in [0.15, 0.2) is 42.9 Å². The summed E-state index contributed by atoms with van der Waals surface area (Å²) in [6.45, 7) is 5.79. The van der Waals surface area contributed by atoms with Gasteiger partial charge in [-0.2, -0.15) is 0 Å². The molecule has 0 saturated carbocycles. The zero-order chi connectivity index (χ0) is 15.3. The van der Waals surface area contributed by atoms with Crippen LogP contribution in [0, 0.1) is 3.70 Å². The van der Waals surface area contributed by atoms with E-state index in [1.54, 1.807) is 0 Å². The highest BCUT2D eigenvalue weighted by atomic mass is 127. The summed E-state index contributed by atoms with van der Waals surface area (Å²) in [7, 11) is 0. The lowest BCUT2D eigenvalue weighted by Crippen LogP contribution is -2.42. The van der Waals surface area contributed by atoms with Crippen molar-refractivity contribution in [2.24, 2.45) is 0 Å². The zero-order valence-electron chi connectivity index (χ0n) is 12.5. The highest BCUT2D eigenvalue weighted by molar-refractivity contribution is 14.1. The number of β-amino-alcohol motifs (C(OH)–C–C–N with tert-alkyl or cyclic N) is 1. The van der Waals surface area contributed by atoms with Gasteiger partial charge in [0.05, 0.1) is 12.4 Å². The maximum atomic E-state index is 10.2. The molecule has 1 aromatic heterocycles. The standard InChI is InChI=1S/C16H22IN3O/c1-16(2,8-9-20-11-15(17)18-12-20)19-10-14(21)13-6-4-3-5-7-13/h3-7,11-12,14,19,21H,8-10H2,1-2H3. The maximum Gasteiger partial charge on any atom is 0.119 e. The van der Waals surface area contributed by atoms with E-state index in [9.17, 15) is 5.11 Å². The second kappa shape index (κ2) is 7.38. The molecule has 114 valence electrons. The molecule has 0 bridgehead atoms. The molecule has 1 aromatic carbocycles. The third-order valence-electron chi connectivity index (χ3n) is 3.56. The molecule has 1 atom stereocenters. The average Bonchev–Trinajstić information content (AvgIpc) is 2.90. The van der Waals surface area contributed by atoms with E-state index >= 15 is 0 Å². The fourth-order valence-corrected chi connectivity index (χ4v) is 2.60. The Morgan fingerprint density at radius 1 is 1.33 bits per heavy atom. The molecule has 0 aliphatic rings. The van der Waals surface area contributed by atoms with Gasteiger partial charge in [0.25, 0.3) is 0 Å². The highest BCUT2D eigenvalue weighted by Gasteiger charge is 2.19. The Morgan fingerprint density at radius 3 is 2.67 bits per heavy atom. The molecular weight excluding hydrogens is 377 g/mol. The summed E-state index contributed by atoms with van der Waals surface area (Å²) in [4.78, 5) is 4.22. The Bertz CT molecular complexity index is 554. The lowest BCUT2D eigenvalue weighted by Gasteiger charge is -2.28. The molecule has 2 N–H and O–H groups in total. The van der Waals surface area contributed by atoms with E-state index < -0.39 is 6.10 Å². The van der Waals surface area contributed by atoms with Crippen LogP contribution in [0.2, 0.25) is 0 Å². The van der Waals surface area contributed by atoms with Gasteiger partial charge in [0, 0.05) is 24.8 Å². The predicted molar refractivity (Wildman–Crippen MR) is 93.0 cm³/mol. The lowest BCUT2D eigenvalue weighted by atomic mass is 9.99. The van der Waals surface area contributed by atoms with Crippen LogP contribution in [0.5, 0.6) is 0 Å². The van der Waals surface area contributed by atoms with Crippen molar-refractivity contribution in [2.45, 2.75) is 38.5 Å². The van der Waals surface area contributed by atoms with Crippen LogP contribution in [-0.4, -0.2) is 26.7 Å². The van der Waals surface area contributed by atoms with Crippen LogP contribution in [0.25, 0.3) is 0 Å². The minimum absolute atomic E-state index is 0.0362. The van der Waals surface area contributed by atoms with Gasteiger partial charge in [-0.15, -0.1) is 0 Å². The number of hydrogen-bond acceptors (Lipinski definition) is 3. The molecule has 1 unspecified atom stereocenters. The minimum Gasteiger partial charge on any atom is -0.387 e. The second-order valence-electron chi connectivity index (χ2n) is 5.88. The Hall–Kier alpha value is -0.920. The quantitative estimate of drug-likeness (QED) is 0.704. The van der Waals surface area contributed by atoms with Crippen LogP contribution in [0.1, 0.15) is 31.9 Å². The Kier molecular flexibility index (Phi) is 5.78. The molecule has 0 spiro atoms. The molecule has 21 heavy (non-hydrogen) atoms. The second-order valence-corrected chi connectivity index (χ2v) is 6.98. The Balaban J connectivity index is 1.80. The van der Waals surface area contributed by atoms with Crippen molar-refractivity contribution in [3.63, 3.8) is 0 Å². The van der Waals surface area contributed by atoms with Gasteiger partial charge in [0.1, 0.15) is 3.70 Å². The SMILES string of the molecule is CC(C)(CCn1cnc(I)c1)NCC(O)c1ccccc1. The summed E-state index contributed by atoms with van der Waals surface area (Å²) < 4.78 is 3.11. The van der Waals surface area contributed by atoms with E-state index in [0.29, 0.717) is 6.54 Å².